The first kappa shape index (κ1) is 18.7. The van der Waals surface area contributed by atoms with Crippen molar-refractivity contribution in [3.63, 3.8) is 0 Å². The van der Waals surface area contributed by atoms with E-state index in [9.17, 15) is 4.79 Å². The Morgan fingerprint density at radius 2 is 2.11 bits per heavy atom. The minimum atomic E-state index is -0.00572. The number of fused-ring (bicyclic) bond motifs is 1. The predicted molar refractivity (Wildman–Crippen MR) is 114 cm³/mol. The second kappa shape index (κ2) is 7.38. The van der Waals surface area contributed by atoms with Crippen molar-refractivity contribution in [2.75, 3.05) is 18.8 Å². The number of carbonyl (C=O) groups is 1. The van der Waals surface area contributed by atoms with Gasteiger partial charge in [-0.2, -0.15) is 5.10 Å². The fraction of sp³-hybridized carbons (Fsp3) is 0.389. The molecule has 9 heteroatoms. The number of nitrogens with two attached hydrogens (primary N) is 1. The molecule has 0 aromatic carbocycles. The zero-order valence-corrected chi connectivity index (χ0v) is 17.9. The van der Waals surface area contributed by atoms with Gasteiger partial charge in [0.15, 0.2) is 0 Å². The van der Waals surface area contributed by atoms with Crippen LogP contribution in [0.15, 0.2) is 16.3 Å². The number of aryl methyl sites for hydroxylation is 3. The van der Waals surface area contributed by atoms with E-state index < -0.39 is 0 Å². The van der Waals surface area contributed by atoms with E-state index in [1.54, 1.807) is 23.3 Å². The van der Waals surface area contributed by atoms with Gasteiger partial charge in [0.2, 0.25) is 0 Å². The van der Waals surface area contributed by atoms with Crippen LogP contribution in [0.1, 0.15) is 32.2 Å². The maximum absolute atomic E-state index is 13.0. The molecule has 4 heterocycles. The Balaban J connectivity index is 1.46. The predicted octanol–water partition coefficient (Wildman–Crippen LogP) is 3.77. The van der Waals surface area contributed by atoms with E-state index >= 15 is 0 Å². The monoisotopic (exact) mass is 419 g/mol. The summed E-state index contributed by atoms with van der Waals surface area (Å²) in [5.41, 5.74) is 8.70. The van der Waals surface area contributed by atoms with E-state index in [0.717, 1.165) is 34.4 Å². The van der Waals surface area contributed by atoms with E-state index in [-0.39, 0.29) is 11.9 Å². The molecule has 142 valence electrons. The summed E-state index contributed by atoms with van der Waals surface area (Å²) in [4.78, 5) is 17.5. The standard InChI is InChI=1S/C18H21N5OS3/c1-9-4-5-13(25-9)27-22-12-6-7-23(8-12)18(24)16-15(19)14-10(2)11(3)20-21-17(14)26-16/h4-5,12,22H,6-8,19H2,1-3H3. The third-order valence-corrected chi connectivity index (χ3v) is 8.01. The molecule has 0 aliphatic carbocycles. The maximum atomic E-state index is 13.0. The molecule has 6 nitrogen and oxygen atoms in total. The van der Waals surface area contributed by atoms with Gasteiger partial charge in [-0.3, -0.25) is 9.52 Å². The average Bonchev–Trinajstić information content (AvgIpc) is 3.35. The molecule has 1 unspecified atom stereocenters. The van der Waals surface area contributed by atoms with Gasteiger partial charge in [0, 0.05) is 29.4 Å². The molecule has 1 saturated heterocycles. The van der Waals surface area contributed by atoms with Gasteiger partial charge in [-0.1, -0.05) is 0 Å². The minimum Gasteiger partial charge on any atom is -0.397 e. The largest absolute Gasteiger partial charge is 0.397 e. The van der Waals surface area contributed by atoms with Crippen LogP contribution in [0.25, 0.3) is 10.2 Å². The Morgan fingerprint density at radius 3 is 2.85 bits per heavy atom. The number of nitrogens with one attached hydrogen (secondary N) is 1. The summed E-state index contributed by atoms with van der Waals surface area (Å²) < 4.78 is 4.73. The first-order chi connectivity index (χ1) is 12.9. The van der Waals surface area contributed by atoms with Crippen LogP contribution < -0.4 is 10.5 Å². The van der Waals surface area contributed by atoms with Crippen molar-refractivity contribution in [2.45, 2.75) is 37.4 Å². The van der Waals surface area contributed by atoms with Gasteiger partial charge >= 0.3 is 0 Å². The van der Waals surface area contributed by atoms with Crippen molar-refractivity contribution in [2.24, 2.45) is 0 Å². The number of nitrogen functional groups attached to an aromatic ring is 1. The quantitative estimate of drug-likeness (QED) is 0.626. The van der Waals surface area contributed by atoms with Crippen LogP contribution in [0.2, 0.25) is 0 Å². The zero-order chi connectivity index (χ0) is 19.1. The number of rotatable bonds is 4. The third kappa shape index (κ3) is 3.56. The molecule has 1 aliphatic heterocycles. The lowest BCUT2D eigenvalue weighted by Gasteiger charge is -2.16. The van der Waals surface area contributed by atoms with Crippen molar-refractivity contribution in [1.29, 1.82) is 0 Å². The molecule has 3 aromatic heterocycles. The Morgan fingerprint density at radius 1 is 1.30 bits per heavy atom. The summed E-state index contributed by atoms with van der Waals surface area (Å²) in [5.74, 6) is -0.00572. The van der Waals surface area contributed by atoms with Crippen LogP contribution in [0.4, 0.5) is 5.69 Å². The highest BCUT2D eigenvalue weighted by atomic mass is 32.2. The summed E-state index contributed by atoms with van der Waals surface area (Å²) in [6, 6.07) is 4.52. The highest BCUT2D eigenvalue weighted by molar-refractivity contribution is 7.99. The maximum Gasteiger partial charge on any atom is 0.266 e. The van der Waals surface area contributed by atoms with Crippen LogP contribution >= 0.6 is 34.6 Å². The lowest BCUT2D eigenvalue weighted by molar-refractivity contribution is 0.0796. The number of aromatic nitrogens is 2. The number of amides is 1. The normalized spacial score (nSPS) is 17.1. The summed E-state index contributed by atoms with van der Waals surface area (Å²) in [6.45, 7) is 7.41. The minimum absolute atomic E-state index is 0.00572. The van der Waals surface area contributed by atoms with E-state index in [0.29, 0.717) is 17.1 Å². The molecule has 0 bridgehead atoms. The van der Waals surface area contributed by atoms with Gasteiger partial charge in [-0.15, -0.1) is 27.8 Å². The van der Waals surface area contributed by atoms with E-state index in [4.69, 9.17) is 5.73 Å². The van der Waals surface area contributed by atoms with Crippen LogP contribution in [-0.2, 0) is 0 Å². The second-order valence-electron chi connectivity index (χ2n) is 6.76. The number of hydrogen-bond acceptors (Lipinski definition) is 8. The first-order valence-corrected chi connectivity index (χ1v) is 11.2. The number of thiophene rings is 2. The summed E-state index contributed by atoms with van der Waals surface area (Å²) in [7, 11) is 0. The SMILES string of the molecule is Cc1ccc(SNC2CCN(C(=O)c3sc4nnc(C)c(C)c4c3N)C2)s1. The van der Waals surface area contributed by atoms with E-state index in [1.807, 2.05) is 18.7 Å². The summed E-state index contributed by atoms with van der Waals surface area (Å²) in [6.07, 6.45) is 0.936. The van der Waals surface area contributed by atoms with Gasteiger partial charge in [0.1, 0.15) is 9.71 Å². The van der Waals surface area contributed by atoms with Crippen molar-refractivity contribution in [3.05, 3.63) is 33.1 Å². The molecule has 27 heavy (non-hydrogen) atoms. The van der Waals surface area contributed by atoms with Crippen LogP contribution in [-0.4, -0.2) is 40.1 Å². The molecule has 4 rings (SSSR count). The Hall–Kier alpha value is -1.68. The number of anilines is 1. The topological polar surface area (TPSA) is 84.1 Å². The molecular formula is C18H21N5OS3. The molecule has 1 amide bonds. The third-order valence-electron chi connectivity index (χ3n) is 4.85. The highest BCUT2D eigenvalue weighted by Gasteiger charge is 2.30. The van der Waals surface area contributed by atoms with Crippen molar-refractivity contribution < 1.29 is 4.79 Å². The van der Waals surface area contributed by atoms with Gasteiger partial charge in [0.05, 0.1) is 15.6 Å². The fourth-order valence-corrected chi connectivity index (χ4v) is 6.17. The summed E-state index contributed by atoms with van der Waals surface area (Å²) >= 11 is 4.77. The van der Waals surface area contributed by atoms with Crippen molar-refractivity contribution in [1.82, 2.24) is 19.8 Å². The lowest BCUT2D eigenvalue weighted by Crippen LogP contribution is -2.32. The van der Waals surface area contributed by atoms with Crippen molar-refractivity contribution >= 4 is 56.4 Å². The van der Waals surface area contributed by atoms with Crippen molar-refractivity contribution in [3.8, 4) is 0 Å². The van der Waals surface area contributed by atoms with Crippen LogP contribution in [0.5, 0.6) is 0 Å². The van der Waals surface area contributed by atoms with E-state index in [2.05, 4.69) is 34.0 Å². The Labute approximate surface area is 170 Å². The molecule has 0 radical (unpaired) electrons. The fourth-order valence-electron chi connectivity index (χ4n) is 3.19. The second-order valence-corrected chi connectivity index (χ2v) is 10.2. The number of hydrogen-bond donors (Lipinski definition) is 2. The van der Waals surface area contributed by atoms with Crippen LogP contribution in [0.3, 0.4) is 0 Å². The van der Waals surface area contributed by atoms with Gasteiger partial charge < -0.3 is 10.6 Å². The first-order valence-electron chi connectivity index (χ1n) is 8.74. The molecule has 1 aliphatic rings. The number of carbonyl (C=O) groups excluding carboxylic acids is 1. The molecule has 0 saturated carbocycles. The number of likely N-dealkylation sites (tertiary alicyclic amines) is 1. The lowest BCUT2D eigenvalue weighted by atomic mass is 10.1. The van der Waals surface area contributed by atoms with Crippen LogP contribution in [0, 0.1) is 20.8 Å². The van der Waals surface area contributed by atoms with Gasteiger partial charge in [-0.25, -0.2) is 0 Å². The van der Waals surface area contributed by atoms with E-state index in [1.165, 1.54) is 20.4 Å². The molecule has 1 atom stereocenters. The molecule has 3 aromatic rings. The Kier molecular flexibility index (Phi) is 5.11. The van der Waals surface area contributed by atoms with Gasteiger partial charge in [0.25, 0.3) is 5.91 Å². The highest BCUT2D eigenvalue weighted by Crippen LogP contribution is 2.36. The summed E-state index contributed by atoms with van der Waals surface area (Å²) in [5, 5.41) is 9.24. The smallest absolute Gasteiger partial charge is 0.266 e. The molecule has 1 fully saturated rings. The Bertz CT molecular complexity index is 1010. The molecule has 0 spiro atoms. The van der Waals surface area contributed by atoms with Gasteiger partial charge in [-0.05, 0) is 56.8 Å². The average molecular weight is 420 g/mol. The molecule has 3 N–H and O–H groups in total. The molecular weight excluding hydrogens is 398 g/mol. The number of nitrogens with zero attached hydrogens (tertiary/aromatic N) is 3. The zero-order valence-electron chi connectivity index (χ0n) is 15.4.